The van der Waals surface area contributed by atoms with Gasteiger partial charge in [0, 0.05) is 0 Å². The van der Waals surface area contributed by atoms with Gasteiger partial charge >= 0.3 is 0 Å². The van der Waals surface area contributed by atoms with Gasteiger partial charge in [-0.2, -0.15) is 0 Å². The zero-order chi connectivity index (χ0) is 12.7. The molecule has 0 spiro atoms. The SMILES string of the molecule is CC[C@H](OCc1ccc(OC)cc1)[C@H](O)CO. The summed E-state index contributed by atoms with van der Waals surface area (Å²) in [6.45, 7) is 2.05. The molecule has 0 aliphatic rings. The maximum atomic E-state index is 9.48. The Morgan fingerprint density at radius 2 is 1.88 bits per heavy atom. The molecule has 2 N–H and O–H groups in total. The van der Waals surface area contributed by atoms with Crippen molar-refractivity contribution in [2.75, 3.05) is 13.7 Å². The number of aliphatic hydroxyl groups is 2. The van der Waals surface area contributed by atoms with E-state index < -0.39 is 6.10 Å². The van der Waals surface area contributed by atoms with Crippen molar-refractivity contribution in [1.82, 2.24) is 0 Å². The topological polar surface area (TPSA) is 58.9 Å². The normalized spacial score (nSPS) is 14.4. The van der Waals surface area contributed by atoms with Crippen molar-refractivity contribution in [3.63, 3.8) is 0 Å². The van der Waals surface area contributed by atoms with E-state index in [9.17, 15) is 5.11 Å². The molecule has 0 amide bonds. The van der Waals surface area contributed by atoms with Crippen LogP contribution in [0.15, 0.2) is 24.3 Å². The first-order chi connectivity index (χ1) is 8.21. The van der Waals surface area contributed by atoms with Crippen LogP contribution < -0.4 is 4.74 Å². The number of methoxy groups -OCH3 is 1. The van der Waals surface area contributed by atoms with Gasteiger partial charge in [0.25, 0.3) is 0 Å². The maximum absolute atomic E-state index is 9.48. The number of rotatable bonds is 7. The molecule has 0 radical (unpaired) electrons. The lowest BCUT2D eigenvalue weighted by atomic mass is 10.1. The molecule has 0 heterocycles. The standard InChI is InChI=1S/C13H20O4/c1-3-13(12(15)8-14)17-9-10-4-6-11(16-2)7-5-10/h4-7,12-15H,3,8-9H2,1-2H3/t12-,13+/m1/s1. The minimum Gasteiger partial charge on any atom is -0.497 e. The van der Waals surface area contributed by atoms with Gasteiger partial charge in [0.2, 0.25) is 0 Å². The summed E-state index contributed by atoms with van der Waals surface area (Å²) in [4.78, 5) is 0. The fourth-order valence-electron chi connectivity index (χ4n) is 1.54. The van der Waals surface area contributed by atoms with Crippen LogP contribution in [0, 0.1) is 0 Å². The van der Waals surface area contributed by atoms with Crippen LogP contribution in [-0.4, -0.2) is 36.1 Å². The maximum Gasteiger partial charge on any atom is 0.118 e. The molecule has 0 bridgehead atoms. The van der Waals surface area contributed by atoms with Gasteiger partial charge in [-0.15, -0.1) is 0 Å². The third-order valence-corrected chi connectivity index (χ3v) is 2.64. The Kier molecular flexibility index (Phi) is 5.97. The summed E-state index contributed by atoms with van der Waals surface area (Å²) >= 11 is 0. The fraction of sp³-hybridized carbons (Fsp3) is 0.538. The Morgan fingerprint density at radius 3 is 2.35 bits per heavy atom. The zero-order valence-electron chi connectivity index (χ0n) is 10.3. The lowest BCUT2D eigenvalue weighted by Gasteiger charge is -2.20. The quantitative estimate of drug-likeness (QED) is 0.755. The highest BCUT2D eigenvalue weighted by atomic mass is 16.5. The summed E-state index contributed by atoms with van der Waals surface area (Å²) in [7, 11) is 1.62. The average molecular weight is 240 g/mol. The van der Waals surface area contributed by atoms with E-state index in [0.29, 0.717) is 13.0 Å². The van der Waals surface area contributed by atoms with Crippen LogP contribution in [0.4, 0.5) is 0 Å². The van der Waals surface area contributed by atoms with Gasteiger partial charge in [0.05, 0.1) is 26.4 Å². The second-order valence-electron chi connectivity index (χ2n) is 3.86. The second-order valence-corrected chi connectivity index (χ2v) is 3.86. The number of benzene rings is 1. The Morgan fingerprint density at radius 1 is 1.24 bits per heavy atom. The minimum absolute atomic E-state index is 0.277. The summed E-state index contributed by atoms with van der Waals surface area (Å²) in [5.41, 5.74) is 1.01. The van der Waals surface area contributed by atoms with Crippen molar-refractivity contribution >= 4 is 0 Å². The third kappa shape index (κ3) is 4.34. The van der Waals surface area contributed by atoms with Gasteiger partial charge in [0.1, 0.15) is 11.9 Å². The molecule has 2 atom stereocenters. The smallest absolute Gasteiger partial charge is 0.118 e. The van der Waals surface area contributed by atoms with Crippen LogP contribution in [0.1, 0.15) is 18.9 Å². The molecule has 96 valence electrons. The summed E-state index contributed by atoms with van der Waals surface area (Å²) < 4.78 is 10.6. The van der Waals surface area contributed by atoms with E-state index in [1.165, 1.54) is 0 Å². The second kappa shape index (κ2) is 7.27. The van der Waals surface area contributed by atoms with Gasteiger partial charge in [-0.3, -0.25) is 0 Å². The lowest BCUT2D eigenvalue weighted by molar-refractivity contribution is -0.0660. The molecule has 4 nitrogen and oxygen atoms in total. The Bertz CT molecular complexity index is 310. The highest BCUT2D eigenvalue weighted by Gasteiger charge is 2.16. The first-order valence-corrected chi connectivity index (χ1v) is 5.74. The van der Waals surface area contributed by atoms with E-state index in [1.54, 1.807) is 7.11 Å². The predicted molar refractivity (Wildman–Crippen MR) is 65.0 cm³/mol. The molecule has 0 aromatic heterocycles. The molecule has 0 aliphatic carbocycles. The monoisotopic (exact) mass is 240 g/mol. The molecule has 17 heavy (non-hydrogen) atoms. The minimum atomic E-state index is -0.821. The Labute approximate surface area is 102 Å². The molecule has 1 aromatic rings. The van der Waals surface area contributed by atoms with E-state index in [2.05, 4.69) is 0 Å². The fourth-order valence-corrected chi connectivity index (χ4v) is 1.54. The van der Waals surface area contributed by atoms with Crippen molar-refractivity contribution < 1.29 is 19.7 Å². The highest BCUT2D eigenvalue weighted by molar-refractivity contribution is 5.26. The summed E-state index contributed by atoms with van der Waals surface area (Å²) in [6.07, 6.45) is -0.488. The number of hydrogen-bond donors (Lipinski definition) is 2. The third-order valence-electron chi connectivity index (χ3n) is 2.64. The van der Waals surface area contributed by atoms with Crippen LogP contribution in [0.5, 0.6) is 5.75 Å². The van der Waals surface area contributed by atoms with Crippen LogP contribution in [-0.2, 0) is 11.3 Å². The predicted octanol–water partition coefficient (Wildman–Crippen LogP) is 1.34. The van der Waals surface area contributed by atoms with Crippen molar-refractivity contribution in [2.45, 2.75) is 32.2 Å². The average Bonchev–Trinajstić information content (AvgIpc) is 2.39. The van der Waals surface area contributed by atoms with Crippen molar-refractivity contribution in [1.29, 1.82) is 0 Å². The molecule has 0 fully saturated rings. The molecular formula is C13H20O4. The summed E-state index contributed by atoms with van der Waals surface area (Å²) in [5.74, 6) is 0.802. The lowest BCUT2D eigenvalue weighted by Crippen LogP contribution is -2.31. The molecule has 0 saturated carbocycles. The van der Waals surface area contributed by atoms with E-state index in [0.717, 1.165) is 11.3 Å². The van der Waals surface area contributed by atoms with Gasteiger partial charge in [0.15, 0.2) is 0 Å². The molecule has 0 aliphatic heterocycles. The van der Waals surface area contributed by atoms with Crippen molar-refractivity contribution in [3.05, 3.63) is 29.8 Å². The molecular weight excluding hydrogens is 220 g/mol. The largest absolute Gasteiger partial charge is 0.497 e. The van der Waals surface area contributed by atoms with Gasteiger partial charge in [-0.25, -0.2) is 0 Å². The van der Waals surface area contributed by atoms with E-state index >= 15 is 0 Å². The van der Waals surface area contributed by atoms with Gasteiger partial charge in [-0.05, 0) is 24.1 Å². The number of aliphatic hydroxyl groups excluding tert-OH is 2. The van der Waals surface area contributed by atoms with Crippen LogP contribution in [0.2, 0.25) is 0 Å². The van der Waals surface area contributed by atoms with E-state index in [1.807, 2.05) is 31.2 Å². The Hall–Kier alpha value is -1.10. The number of ether oxygens (including phenoxy) is 2. The molecule has 0 unspecified atom stereocenters. The van der Waals surface area contributed by atoms with Crippen LogP contribution in [0.25, 0.3) is 0 Å². The summed E-state index contributed by atoms with van der Waals surface area (Å²) in [6, 6.07) is 7.55. The van der Waals surface area contributed by atoms with E-state index in [4.69, 9.17) is 14.6 Å². The van der Waals surface area contributed by atoms with Gasteiger partial charge < -0.3 is 19.7 Å². The van der Waals surface area contributed by atoms with Crippen LogP contribution in [0.3, 0.4) is 0 Å². The molecule has 0 saturated heterocycles. The first kappa shape index (κ1) is 14.0. The highest BCUT2D eigenvalue weighted by Crippen LogP contribution is 2.14. The molecule has 1 aromatic carbocycles. The zero-order valence-corrected chi connectivity index (χ0v) is 10.3. The molecule has 1 rings (SSSR count). The Balaban J connectivity index is 2.47. The number of hydrogen-bond acceptors (Lipinski definition) is 4. The van der Waals surface area contributed by atoms with E-state index in [-0.39, 0.29) is 12.7 Å². The van der Waals surface area contributed by atoms with Gasteiger partial charge in [-0.1, -0.05) is 19.1 Å². The van der Waals surface area contributed by atoms with Crippen LogP contribution >= 0.6 is 0 Å². The summed E-state index contributed by atoms with van der Waals surface area (Å²) in [5, 5.41) is 18.3. The van der Waals surface area contributed by atoms with Crippen molar-refractivity contribution in [3.8, 4) is 5.75 Å². The first-order valence-electron chi connectivity index (χ1n) is 5.74. The molecule has 4 heteroatoms. The van der Waals surface area contributed by atoms with Crippen molar-refractivity contribution in [2.24, 2.45) is 0 Å².